The summed E-state index contributed by atoms with van der Waals surface area (Å²) in [5.74, 6) is -0.853. The summed E-state index contributed by atoms with van der Waals surface area (Å²) >= 11 is 3.13. The molecule has 0 amide bonds. The second-order valence-electron chi connectivity index (χ2n) is 4.17. The summed E-state index contributed by atoms with van der Waals surface area (Å²) in [5, 5.41) is 11.1. The summed E-state index contributed by atoms with van der Waals surface area (Å²) in [6.45, 7) is 1.32. The molecule has 102 valence electrons. The molecule has 0 aromatic heterocycles. The van der Waals surface area contributed by atoms with Crippen molar-refractivity contribution in [1.29, 1.82) is 0 Å². The van der Waals surface area contributed by atoms with E-state index in [0.717, 1.165) is 0 Å². The zero-order valence-corrected chi connectivity index (χ0v) is 12.0. The molecule has 2 aromatic rings. The van der Waals surface area contributed by atoms with Crippen LogP contribution in [0.5, 0.6) is 0 Å². The average molecular weight is 338 g/mol. The van der Waals surface area contributed by atoms with Gasteiger partial charge in [0.1, 0.15) is 5.82 Å². The quantitative estimate of drug-likeness (QED) is 0.474. The highest BCUT2D eigenvalue weighted by atomic mass is 79.9. The van der Waals surface area contributed by atoms with E-state index in [1.54, 1.807) is 6.07 Å². The number of hydrogen-bond donors (Lipinski definition) is 0. The molecule has 0 aliphatic rings. The molecule has 0 aliphatic heterocycles. The van der Waals surface area contributed by atoms with E-state index in [4.69, 9.17) is 0 Å². The third-order valence-corrected chi connectivity index (χ3v) is 3.32. The van der Waals surface area contributed by atoms with Crippen LogP contribution in [0.25, 0.3) is 11.1 Å². The van der Waals surface area contributed by atoms with Crippen LogP contribution in [0.4, 0.5) is 10.1 Å². The number of ketones is 1. The molecule has 0 radical (unpaired) electrons. The highest BCUT2D eigenvalue weighted by molar-refractivity contribution is 9.10. The van der Waals surface area contributed by atoms with Gasteiger partial charge in [-0.25, -0.2) is 4.39 Å². The maximum atomic E-state index is 13.9. The first-order valence-electron chi connectivity index (χ1n) is 5.65. The molecule has 0 bridgehead atoms. The summed E-state index contributed by atoms with van der Waals surface area (Å²) < 4.78 is 14.5. The lowest BCUT2D eigenvalue weighted by atomic mass is 10.00. The van der Waals surface area contributed by atoms with Gasteiger partial charge in [-0.3, -0.25) is 14.9 Å². The van der Waals surface area contributed by atoms with Crippen molar-refractivity contribution in [2.24, 2.45) is 0 Å². The number of rotatable bonds is 3. The molecule has 0 N–H and O–H groups in total. The molecule has 0 atom stereocenters. The molecular formula is C14H9BrFNO3. The van der Waals surface area contributed by atoms with Gasteiger partial charge >= 0.3 is 0 Å². The van der Waals surface area contributed by atoms with Crippen LogP contribution >= 0.6 is 15.9 Å². The third-order valence-electron chi connectivity index (χ3n) is 2.82. The molecule has 0 saturated heterocycles. The number of hydrogen-bond acceptors (Lipinski definition) is 3. The predicted octanol–water partition coefficient (Wildman–Crippen LogP) is 4.37. The minimum absolute atomic E-state index is 0.120. The highest BCUT2D eigenvalue weighted by Crippen LogP contribution is 2.33. The fourth-order valence-corrected chi connectivity index (χ4v) is 2.17. The van der Waals surface area contributed by atoms with E-state index in [-0.39, 0.29) is 28.2 Å². The summed E-state index contributed by atoms with van der Waals surface area (Å²) in [6.07, 6.45) is 0. The molecule has 4 nitrogen and oxygen atoms in total. The molecule has 2 rings (SSSR count). The van der Waals surface area contributed by atoms with Gasteiger partial charge in [0, 0.05) is 21.7 Å². The second-order valence-corrected chi connectivity index (χ2v) is 5.09. The van der Waals surface area contributed by atoms with Gasteiger partial charge in [-0.1, -0.05) is 28.1 Å². The van der Waals surface area contributed by atoms with Gasteiger partial charge in [0.2, 0.25) is 0 Å². The van der Waals surface area contributed by atoms with E-state index in [9.17, 15) is 19.3 Å². The molecule has 0 fully saturated rings. The Balaban J connectivity index is 2.67. The van der Waals surface area contributed by atoms with Crippen LogP contribution in [-0.4, -0.2) is 10.7 Å². The number of carbonyl (C=O) groups is 1. The zero-order valence-electron chi connectivity index (χ0n) is 10.4. The van der Waals surface area contributed by atoms with Gasteiger partial charge < -0.3 is 0 Å². The normalized spacial score (nSPS) is 10.3. The highest BCUT2D eigenvalue weighted by Gasteiger charge is 2.19. The van der Waals surface area contributed by atoms with Crippen molar-refractivity contribution < 1.29 is 14.1 Å². The molecule has 6 heteroatoms. The first kappa shape index (κ1) is 14.3. The summed E-state index contributed by atoms with van der Waals surface area (Å²) in [5.41, 5.74) is 0.192. The van der Waals surface area contributed by atoms with Crippen molar-refractivity contribution in [2.45, 2.75) is 6.92 Å². The van der Waals surface area contributed by atoms with Crippen LogP contribution in [0.2, 0.25) is 0 Å². The number of nitro groups is 1. The van der Waals surface area contributed by atoms with Crippen LogP contribution in [0.3, 0.4) is 0 Å². The second kappa shape index (κ2) is 5.50. The first-order valence-corrected chi connectivity index (χ1v) is 6.44. The molecular weight excluding hydrogens is 329 g/mol. The van der Waals surface area contributed by atoms with Gasteiger partial charge in [0.05, 0.1) is 10.5 Å². The van der Waals surface area contributed by atoms with E-state index in [1.807, 2.05) is 0 Å². The lowest BCUT2D eigenvalue weighted by Gasteiger charge is -2.06. The van der Waals surface area contributed by atoms with E-state index in [1.165, 1.54) is 37.3 Å². The number of nitro benzene ring substituents is 1. The lowest BCUT2D eigenvalue weighted by Crippen LogP contribution is -1.98. The number of Topliss-reactive ketones (excluding diaryl/α,β-unsaturated/α-hetero) is 1. The van der Waals surface area contributed by atoms with Gasteiger partial charge in [-0.15, -0.1) is 0 Å². The van der Waals surface area contributed by atoms with Crippen molar-refractivity contribution in [2.75, 3.05) is 0 Å². The molecule has 0 spiro atoms. The summed E-state index contributed by atoms with van der Waals surface area (Å²) in [4.78, 5) is 21.8. The standard InChI is InChI=1S/C14H9BrFNO3/c1-8(18)9-2-4-12(14(6-9)17(19)20)11-5-3-10(15)7-13(11)16/h2-7H,1H3. The van der Waals surface area contributed by atoms with Crippen LogP contribution in [0, 0.1) is 15.9 Å². The monoisotopic (exact) mass is 337 g/mol. The molecule has 0 saturated carbocycles. The van der Waals surface area contributed by atoms with Crippen LogP contribution < -0.4 is 0 Å². The molecule has 0 heterocycles. The molecule has 0 unspecified atom stereocenters. The maximum Gasteiger partial charge on any atom is 0.278 e. The Morgan fingerprint density at radius 1 is 1.20 bits per heavy atom. The molecule has 2 aromatic carbocycles. The Kier molecular flexibility index (Phi) is 3.94. The Hall–Kier alpha value is -2.08. The smallest absolute Gasteiger partial charge is 0.278 e. The van der Waals surface area contributed by atoms with Crippen LogP contribution in [0.15, 0.2) is 40.9 Å². The van der Waals surface area contributed by atoms with Crippen molar-refractivity contribution >= 4 is 27.4 Å². The van der Waals surface area contributed by atoms with Gasteiger partial charge in [-0.2, -0.15) is 0 Å². The van der Waals surface area contributed by atoms with Crippen LogP contribution in [0.1, 0.15) is 17.3 Å². The minimum atomic E-state index is -0.622. The van der Waals surface area contributed by atoms with Crippen molar-refractivity contribution in [1.82, 2.24) is 0 Å². The Morgan fingerprint density at radius 3 is 2.40 bits per heavy atom. The van der Waals surface area contributed by atoms with E-state index >= 15 is 0 Å². The van der Waals surface area contributed by atoms with Gasteiger partial charge in [0.25, 0.3) is 5.69 Å². The SMILES string of the molecule is CC(=O)c1ccc(-c2ccc(Br)cc2F)c([N+](=O)[O-])c1. The fourth-order valence-electron chi connectivity index (χ4n) is 1.84. The largest absolute Gasteiger partial charge is 0.295 e. The van der Waals surface area contributed by atoms with E-state index in [2.05, 4.69) is 15.9 Å². The average Bonchev–Trinajstić information content (AvgIpc) is 2.38. The lowest BCUT2D eigenvalue weighted by molar-refractivity contribution is -0.384. The Labute approximate surface area is 122 Å². The Bertz CT molecular complexity index is 716. The van der Waals surface area contributed by atoms with Gasteiger partial charge in [-0.05, 0) is 25.1 Å². The fraction of sp³-hybridized carbons (Fsp3) is 0.0714. The summed E-state index contributed by atoms with van der Waals surface area (Å²) in [6, 6.07) is 8.29. The van der Waals surface area contributed by atoms with E-state index < -0.39 is 10.7 Å². The van der Waals surface area contributed by atoms with Crippen molar-refractivity contribution in [3.63, 3.8) is 0 Å². The Morgan fingerprint density at radius 2 is 1.85 bits per heavy atom. The zero-order chi connectivity index (χ0) is 14.9. The van der Waals surface area contributed by atoms with Crippen LogP contribution in [-0.2, 0) is 0 Å². The topological polar surface area (TPSA) is 60.2 Å². The van der Waals surface area contributed by atoms with E-state index in [0.29, 0.717) is 4.47 Å². The maximum absolute atomic E-state index is 13.9. The van der Waals surface area contributed by atoms with Gasteiger partial charge in [0.15, 0.2) is 5.78 Å². The van der Waals surface area contributed by atoms with Crippen molar-refractivity contribution in [3.05, 3.63) is 62.4 Å². The number of benzene rings is 2. The number of halogens is 2. The number of carbonyl (C=O) groups excluding carboxylic acids is 1. The minimum Gasteiger partial charge on any atom is -0.295 e. The van der Waals surface area contributed by atoms with Crippen molar-refractivity contribution in [3.8, 4) is 11.1 Å². The first-order chi connectivity index (χ1) is 9.40. The predicted molar refractivity (Wildman–Crippen MR) is 76.2 cm³/mol. The molecule has 20 heavy (non-hydrogen) atoms. The summed E-state index contributed by atoms with van der Waals surface area (Å²) in [7, 11) is 0. The molecule has 0 aliphatic carbocycles. The number of nitrogens with zero attached hydrogens (tertiary/aromatic N) is 1. The third kappa shape index (κ3) is 2.75.